The van der Waals surface area contributed by atoms with E-state index in [9.17, 15) is 0 Å². The first-order chi connectivity index (χ1) is 7.22. The molecule has 1 saturated carbocycles. The van der Waals surface area contributed by atoms with Crippen molar-refractivity contribution in [1.82, 2.24) is 4.98 Å². The Labute approximate surface area is 89.1 Å². The van der Waals surface area contributed by atoms with E-state index in [1.807, 2.05) is 24.4 Å². The lowest BCUT2D eigenvalue weighted by Crippen LogP contribution is -2.23. The second kappa shape index (κ2) is 2.80. The van der Waals surface area contributed by atoms with Gasteiger partial charge in [-0.1, -0.05) is 31.2 Å². The first kappa shape index (κ1) is 8.86. The summed E-state index contributed by atoms with van der Waals surface area (Å²) in [6.07, 6.45) is 2.91. The third-order valence-electron chi connectivity index (χ3n) is 3.48. The standard InChI is InChI=1S/C13H14N2/c1-9-8-13(9,14)12-11-5-3-2-4-10(11)6-7-15-12/h2-7,9H,8,14H2,1H3. The molecule has 2 atom stereocenters. The highest BCUT2D eigenvalue weighted by Gasteiger charge is 2.50. The van der Waals surface area contributed by atoms with Gasteiger partial charge in [0.25, 0.3) is 0 Å². The normalized spacial score (nSPS) is 29.3. The molecular formula is C13H14N2. The van der Waals surface area contributed by atoms with Crippen molar-refractivity contribution in [3.8, 4) is 0 Å². The lowest BCUT2D eigenvalue weighted by Gasteiger charge is -2.12. The van der Waals surface area contributed by atoms with Crippen LogP contribution in [-0.4, -0.2) is 4.98 Å². The SMILES string of the molecule is CC1CC1(N)c1nccc2ccccc12. The van der Waals surface area contributed by atoms with E-state index in [1.165, 1.54) is 10.8 Å². The molecular weight excluding hydrogens is 184 g/mol. The van der Waals surface area contributed by atoms with Crippen molar-refractivity contribution in [3.05, 3.63) is 42.2 Å². The van der Waals surface area contributed by atoms with Gasteiger partial charge in [0, 0.05) is 11.6 Å². The summed E-state index contributed by atoms with van der Waals surface area (Å²) in [5.74, 6) is 0.552. The van der Waals surface area contributed by atoms with E-state index >= 15 is 0 Å². The summed E-state index contributed by atoms with van der Waals surface area (Å²) in [4.78, 5) is 4.47. The quantitative estimate of drug-likeness (QED) is 0.764. The van der Waals surface area contributed by atoms with E-state index in [1.54, 1.807) is 0 Å². The van der Waals surface area contributed by atoms with Crippen LogP contribution < -0.4 is 5.73 Å². The van der Waals surface area contributed by atoms with Crippen LogP contribution in [0.5, 0.6) is 0 Å². The minimum absolute atomic E-state index is 0.180. The molecule has 1 aromatic heterocycles. The number of rotatable bonds is 1. The Morgan fingerprint density at radius 2 is 2.07 bits per heavy atom. The van der Waals surface area contributed by atoms with E-state index < -0.39 is 0 Å². The Morgan fingerprint density at radius 3 is 2.80 bits per heavy atom. The van der Waals surface area contributed by atoms with Crippen LogP contribution in [0.15, 0.2) is 36.5 Å². The molecule has 0 saturated heterocycles. The van der Waals surface area contributed by atoms with Crippen LogP contribution in [0.3, 0.4) is 0 Å². The third kappa shape index (κ3) is 1.18. The summed E-state index contributed by atoms with van der Waals surface area (Å²) in [5.41, 5.74) is 7.20. The van der Waals surface area contributed by atoms with Gasteiger partial charge in [-0.15, -0.1) is 0 Å². The molecule has 1 fully saturated rings. The fourth-order valence-corrected chi connectivity index (χ4v) is 2.27. The molecule has 0 radical (unpaired) electrons. The number of nitrogens with two attached hydrogens (primary N) is 1. The molecule has 3 rings (SSSR count). The van der Waals surface area contributed by atoms with Gasteiger partial charge < -0.3 is 5.73 Å². The molecule has 1 aromatic carbocycles. The molecule has 0 bridgehead atoms. The third-order valence-corrected chi connectivity index (χ3v) is 3.48. The molecule has 2 N–H and O–H groups in total. The van der Waals surface area contributed by atoms with Gasteiger partial charge in [0.05, 0.1) is 11.2 Å². The largest absolute Gasteiger partial charge is 0.320 e. The zero-order valence-corrected chi connectivity index (χ0v) is 8.77. The van der Waals surface area contributed by atoms with Crippen LogP contribution in [-0.2, 0) is 5.54 Å². The lowest BCUT2D eigenvalue weighted by molar-refractivity contribution is 0.648. The topological polar surface area (TPSA) is 38.9 Å². The fraction of sp³-hybridized carbons (Fsp3) is 0.308. The van der Waals surface area contributed by atoms with E-state index in [4.69, 9.17) is 5.73 Å². The zero-order chi connectivity index (χ0) is 10.5. The van der Waals surface area contributed by atoms with Gasteiger partial charge in [0.15, 0.2) is 0 Å². The van der Waals surface area contributed by atoms with E-state index in [0.717, 1.165) is 12.1 Å². The Bertz CT molecular complexity index is 515. The number of aromatic nitrogens is 1. The van der Waals surface area contributed by atoms with Crippen LogP contribution in [0, 0.1) is 5.92 Å². The summed E-state index contributed by atoms with van der Waals surface area (Å²) in [6.45, 7) is 2.18. The Morgan fingerprint density at radius 1 is 1.33 bits per heavy atom. The van der Waals surface area contributed by atoms with Crippen molar-refractivity contribution in [2.45, 2.75) is 18.9 Å². The number of benzene rings is 1. The van der Waals surface area contributed by atoms with E-state index in [0.29, 0.717) is 5.92 Å². The van der Waals surface area contributed by atoms with E-state index in [2.05, 4.69) is 24.0 Å². The van der Waals surface area contributed by atoms with Crippen LogP contribution in [0.25, 0.3) is 10.8 Å². The Hall–Kier alpha value is -1.41. The number of nitrogens with zero attached hydrogens (tertiary/aromatic N) is 1. The predicted octanol–water partition coefficient (Wildman–Crippen LogP) is 2.43. The van der Waals surface area contributed by atoms with Crippen LogP contribution in [0.1, 0.15) is 19.0 Å². The van der Waals surface area contributed by atoms with Gasteiger partial charge in [-0.25, -0.2) is 0 Å². The molecule has 1 aliphatic carbocycles. The summed E-state index contributed by atoms with van der Waals surface area (Å²) in [5, 5.41) is 2.43. The summed E-state index contributed by atoms with van der Waals surface area (Å²) < 4.78 is 0. The van der Waals surface area contributed by atoms with Crippen molar-refractivity contribution < 1.29 is 0 Å². The molecule has 2 heteroatoms. The number of pyridine rings is 1. The fourth-order valence-electron chi connectivity index (χ4n) is 2.27. The average Bonchev–Trinajstić information content (AvgIpc) is 2.87. The molecule has 76 valence electrons. The first-order valence-corrected chi connectivity index (χ1v) is 5.35. The predicted molar refractivity (Wildman–Crippen MR) is 61.4 cm³/mol. The highest BCUT2D eigenvalue weighted by atomic mass is 14.9. The minimum Gasteiger partial charge on any atom is -0.320 e. The lowest BCUT2D eigenvalue weighted by atomic mass is 10.0. The summed E-state index contributed by atoms with van der Waals surface area (Å²) in [6, 6.07) is 10.3. The highest BCUT2D eigenvalue weighted by molar-refractivity contribution is 5.85. The molecule has 0 spiro atoms. The molecule has 0 amide bonds. The van der Waals surface area contributed by atoms with Crippen molar-refractivity contribution >= 4 is 10.8 Å². The van der Waals surface area contributed by atoms with Gasteiger partial charge in [-0.05, 0) is 23.8 Å². The minimum atomic E-state index is -0.180. The first-order valence-electron chi connectivity index (χ1n) is 5.35. The second-order valence-corrected chi connectivity index (χ2v) is 4.53. The molecule has 15 heavy (non-hydrogen) atoms. The summed E-state index contributed by atoms with van der Waals surface area (Å²) >= 11 is 0. The number of hydrogen-bond donors (Lipinski definition) is 1. The number of fused-ring (bicyclic) bond motifs is 1. The van der Waals surface area contributed by atoms with Gasteiger partial charge in [-0.2, -0.15) is 0 Å². The maximum atomic E-state index is 6.31. The maximum Gasteiger partial charge on any atom is 0.0683 e. The van der Waals surface area contributed by atoms with E-state index in [-0.39, 0.29) is 5.54 Å². The van der Waals surface area contributed by atoms with Gasteiger partial charge in [0.1, 0.15) is 0 Å². The van der Waals surface area contributed by atoms with Crippen LogP contribution in [0.4, 0.5) is 0 Å². The van der Waals surface area contributed by atoms with Gasteiger partial charge in [0.2, 0.25) is 0 Å². The molecule has 2 unspecified atom stereocenters. The van der Waals surface area contributed by atoms with Crippen molar-refractivity contribution in [2.24, 2.45) is 11.7 Å². The second-order valence-electron chi connectivity index (χ2n) is 4.53. The zero-order valence-electron chi connectivity index (χ0n) is 8.77. The smallest absolute Gasteiger partial charge is 0.0683 e. The monoisotopic (exact) mass is 198 g/mol. The highest BCUT2D eigenvalue weighted by Crippen LogP contribution is 2.49. The van der Waals surface area contributed by atoms with Crippen molar-refractivity contribution in [2.75, 3.05) is 0 Å². The Kier molecular flexibility index (Phi) is 1.65. The maximum absolute atomic E-state index is 6.31. The van der Waals surface area contributed by atoms with Crippen molar-refractivity contribution in [3.63, 3.8) is 0 Å². The molecule has 0 aliphatic heterocycles. The van der Waals surface area contributed by atoms with Crippen LogP contribution >= 0.6 is 0 Å². The van der Waals surface area contributed by atoms with Crippen LogP contribution in [0.2, 0.25) is 0 Å². The average molecular weight is 198 g/mol. The van der Waals surface area contributed by atoms with Crippen molar-refractivity contribution in [1.29, 1.82) is 0 Å². The molecule has 2 nitrogen and oxygen atoms in total. The molecule has 2 aromatic rings. The molecule has 1 heterocycles. The molecule has 1 aliphatic rings. The number of hydrogen-bond acceptors (Lipinski definition) is 2. The van der Waals surface area contributed by atoms with Gasteiger partial charge in [-0.3, -0.25) is 4.98 Å². The Balaban J connectivity index is 2.27. The van der Waals surface area contributed by atoms with Gasteiger partial charge >= 0.3 is 0 Å². The summed E-state index contributed by atoms with van der Waals surface area (Å²) in [7, 11) is 0.